The highest BCUT2D eigenvalue weighted by molar-refractivity contribution is 5.79. The van der Waals surface area contributed by atoms with Gasteiger partial charge in [0.2, 0.25) is 0 Å². The summed E-state index contributed by atoms with van der Waals surface area (Å²) in [7, 11) is 0. The monoisotopic (exact) mass is 376 g/mol. The maximum absolute atomic E-state index is 4.63. The Hall–Kier alpha value is -2.62. The third-order valence-corrected chi connectivity index (χ3v) is 5.47. The summed E-state index contributed by atoms with van der Waals surface area (Å²) < 4.78 is 0. The Morgan fingerprint density at radius 3 is 2.86 bits per heavy atom. The molecule has 1 fully saturated rings. The second-order valence-electron chi connectivity index (χ2n) is 7.53. The second-order valence-corrected chi connectivity index (χ2v) is 7.53. The number of hydrogen-bond acceptors (Lipinski definition) is 3. The van der Waals surface area contributed by atoms with E-state index in [0.29, 0.717) is 12.6 Å². The molecule has 0 spiro atoms. The van der Waals surface area contributed by atoms with Gasteiger partial charge in [0, 0.05) is 24.1 Å². The van der Waals surface area contributed by atoms with Crippen molar-refractivity contribution >= 4 is 5.84 Å². The number of nitrogens with zero attached hydrogens (tertiary/aromatic N) is 3. The zero-order valence-corrected chi connectivity index (χ0v) is 17.4. The Morgan fingerprint density at radius 1 is 1.29 bits per heavy atom. The van der Waals surface area contributed by atoms with Gasteiger partial charge in [-0.15, -0.1) is 0 Å². The van der Waals surface area contributed by atoms with Crippen LogP contribution in [0.25, 0.3) is 0 Å². The molecule has 2 heterocycles. The lowest BCUT2D eigenvalue weighted by atomic mass is 9.97. The Bertz CT molecular complexity index is 823. The molecule has 1 unspecified atom stereocenters. The molecule has 1 aromatic heterocycles. The van der Waals surface area contributed by atoms with Crippen LogP contribution in [0.15, 0.2) is 59.9 Å². The molecule has 1 atom stereocenters. The molecule has 2 aromatic rings. The van der Waals surface area contributed by atoms with Gasteiger partial charge in [0.05, 0.1) is 25.0 Å². The van der Waals surface area contributed by atoms with Crippen LogP contribution in [0.5, 0.6) is 0 Å². The van der Waals surface area contributed by atoms with Gasteiger partial charge in [0.25, 0.3) is 0 Å². The van der Waals surface area contributed by atoms with Gasteiger partial charge < -0.3 is 10.2 Å². The third-order valence-electron chi connectivity index (χ3n) is 5.47. The first-order chi connectivity index (χ1) is 13.6. The molecule has 148 valence electrons. The van der Waals surface area contributed by atoms with Crippen molar-refractivity contribution in [2.24, 2.45) is 4.99 Å². The molecular weight excluding hydrogens is 344 g/mol. The molecule has 0 amide bonds. The molecule has 1 aliphatic heterocycles. The first kappa shape index (κ1) is 20.1. The predicted molar refractivity (Wildman–Crippen MR) is 117 cm³/mol. The van der Waals surface area contributed by atoms with Crippen molar-refractivity contribution in [1.29, 1.82) is 0 Å². The van der Waals surface area contributed by atoms with Crippen molar-refractivity contribution in [3.8, 4) is 0 Å². The lowest BCUT2D eigenvalue weighted by Gasteiger charge is -2.30. The van der Waals surface area contributed by atoms with E-state index >= 15 is 0 Å². The van der Waals surface area contributed by atoms with E-state index < -0.39 is 0 Å². The van der Waals surface area contributed by atoms with Gasteiger partial charge in [0.1, 0.15) is 0 Å². The number of nitrogens with one attached hydrogen (secondary N) is 1. The van der Waals surface area contributed by atoms with E-state index in [9.17, 15) is 0 Å². The normalized spacial score (nSPS) is 17.0. The van der Waals surface area contributed by atoms with E-state index in [1.54, 1.807) is 0 Å². The number of benzene rings is 1. The predicted octanol–water partition coefficient (Wildman–Crippen LogP) is 4.81. The SMILES string of the molecule is C=C(CNC(C)=NCc1ccc(C)nc1)N1CCCC1c1ccccc1CC. The van der Waals surface area contributed by atoms with Crippen LogP contribution in [0.4, 0.5) is 0 Å². The quantitative estimate of drug-likeness (QED) is 0.557. The topological polar surface area (TPSA) is 40.5 Å². The van der Waals surface area contributed by atoms with E-state index in [2.05, 4.69) is 64.0 Å². The van der Waals surface area contributed by atoms with E-state index in [1.165, 1.54) is 24.0 Å². The highest BCUT2D eigenvalue weighted by atomic mass is 15.2. The van der Waals surface area contributed by atoms with Crippen molar-refractivity contribution in [3.05, 3.63) is 77.3 Å². The van der Waals surface area contributed by atoms with Crippen LogP contribution in [-0.2, 0) is 13.0 Å². The smallest absolute Gasteiger partial charge is 0.0938 e. The number of hydrogen-bond donors (Lipinski definition) is 1. The average Bonchev–Trinajstić information content (AvgIpc) is 3.21. The van der Waals surface area contributed by atoms with Crippen molar-refractivity contribution < 1.29 is 0 Å². The largest absolute Gasteiger partial charge is 0.369 e. The summed E-state index contributed by atoms with van der Waals surface area (Å²) in [5.74, 6) is 0.937. The van der Waals surface area contributed by atoms with Gasteiger partial charge in [-0.1, -0.05) is 43.8 Å². The molecular formula is C24H32N4. The fraction of sp³-hybridized carbons (Fsp3) is 0.417. The molecule has 28 heavy (non-hydrogen) atoms. The summed E-state index contributed by atoms with van der Waals surface area (Å²) in [5.41, 5.74) is 6.20. The summed E-state index contributed by atoms with van der Waals surface area (Å²) in [6, 6.07) is 13.4. The Balaban J connectivity index is 1.57. The molecule has 0 saturated carbocycles. The number of aryl methyl sites for hydroxylation is 2. The molecule has 0 aliphatic carbocycles. The first-order valence-corrected chi connectivity index (χ1v) is 10.3. The second kappa shape index (κ2) is 9.54. The molecule has 1 N–H and O–H groups in total. The highest BCUT2D eigenvalue weighted by Crippen LogP contribution is 2.36. The number of aromatic nitrogens is 1. The van der Waals surface area contributed by atoms with Crippen molar-refractivity contribution in [2.75, 3.05) is 13.1 Å². The van der Waals surface area contributed by atoms with Gasteiger partial charge >= 0.3 is 0 Å². The van der Waals surface area contributed by atoms with Crippen molar-refractivity contribution in [1.82, 2.24) is 15.2 Å². The average molecular weight is 377 g/mol. The van der Waals surface area contributed by atoms with E-state index in [4.69, 9.17) is 0 Å². The standard InChI is InChI=1S/C24H32N4/c1-5-22-9-6-7-10-23(22)24-11-8-14-28(24)19(3)15-26-20(4)27-17-21-13-12-18(2)25-16-21/h6-7,9-10,12-13,16,24H,3,5,8,11,14-15,17H2,1-2,4H3,(H,26,27). The third kappa shape index (κ3) is 5.00. The lowest BCUT2D eigenvalue weighted by Crippen LogP contribution is -2.31. The molecule has 4 nitrogen and oxygen atoms in total. The summed E-state index contributed by atoms with van der Waals surface area (Å²) in [4.78, 5) is 11.4. The Morgan fingerprint density at radius 2 is 2.11 bits per heavy atom. The Labute approximate surface area is 169 Å². The van der Waals surface area contributed by atoms with Crippen LogP contribution in [0.1, 0.15) is 55.1 Å². The zero-order chi connectivity index (χ0) is 19.9. The lowest BCUT2D eigenvalue weighted by molar-refractivity contribution is 0.320. The summed E-state index contributed by atoms with van der Waals surface area (Å²) in [6.07, 6.45) is 5.38. The number of likely N-dealkylation sites (tertiary alicyclic amines) is 1. The fourth-order valence-electron chi connectivity index (χ4n) is 3.84. The molecule has 1 aromatic carbocycles. The van der Waals surface area contributed by atoms with Crippen LogP contribution >= 0.6 is 0 Å². The van der Waals surface area contributed by atoms with Crippen LogP contribution in [-0.4, -0.2) is 28.8 Å². The molecule has 3 rings (SSSR count). The highest BCUT2D eigenvalue weighted by Gasteiger charge is 2.27. The molecule has 0 bridgehead atoms. The van der Waals surface area contributed by atoms with Crippen molar-refractivity contribution in [2.45, 2.75) is 52.6 Å². The molecule has 0 radical (unpaired) electrons. The zero-order valence-electron chi connectivity index (χ0n) is 17.4. The maximum Gasteiger partial charge on any atom is 0.0938 e. The van der Waals surface area contributed by atoms with Crippen LogP contribution in [0, 0.1) is 6.92 Å². The van der Waals surface area contributed by atoms with Crippen LogP contribution in [0.2, 0.25) is 0 Å². The van der Waals surface area contributed by atoms with Gasteiger partial charge in [-0.05, 0) is 55.9 Å². The number of rotatable bonds is 7. The minimum absolute atomic E-state index is 0.446. The van der Waals surface area contributed by atoms with Crippen molar-refractivity contribution in [3.63, 3.8) is 0 Å². The first-order valence-electron chi connectivity index (χ1n) is 10.3. The fourth-order valence-corrected chi connectivity index (χ4v) is 3.84. The molecule has 1 saturated heterocycles. The number of amidine groups is 1. The van der Waals surface area contributed by atoms with Crippen LogP contribution in [0.3, 0.4) is 0 Å². The number of aliphatic imine (C=N–C) groups is 1. The van der Waals surface area contributed by atoms with Gasteiger partial charge in [0.15, 0.2) is 0 Å². The Kier molecular flexibility index (Phi) is 6.85. The summed E-state index contributed by atoms with van der Waals surface area (Å²) in [5, 5.41) is 3.43. The van der Waals surface area contributed by atoms with Gasteiger partial charge in [-0.2, -0.15) is 0 Å². The summed E-state index contributed by atoms with van der Waals surface area (Å²) in [6.45, 7) is 13.1. The van der Waals surface area contributed by atoms with Gasteiger partial charge in [-0.25, -0.2) is 0 Å². The van der Waals surface area contributed by atoms with Gasteiger partial charge in [-0.3, -0.25) is 9.98 Å². The maximum atomic E-state index is 4.63. The summed E-state index contributed by atoms with van der Waals surface area (Å²) >= 11 is 0. The van der Waals surface area contributed by atoms with E-state index in [-0.39, 0.29) is 0 Å². The van der Waals surface area contributed by atoms with Crippen LogP contribution < -0.4 is 5.32 Å². The molecule has 1 aliphatic rings. The number of pyridine rings is 1. The molecule has 4 heteroatoms. The minimum atomic E-state index is 0.446. The van der Waals surface area contributed by atoms with E-state index in [1.807, 2.05) is 26.1 Å². The van der Waals surface area contributed by atoms with E-state index in [0.717, 1.165) is 42.3 Å². The minimum Gasteiger partial charge on any atom is -0.369 e.